The number of benzene rings is 1. The summed E-state index contributed by atoms with van der Waals surface area (Å²) < 4.78 is 30.1. The van der Waals surface area contributed by atoms with E-state index in [1.54, 1.807) is 6.20 Å². The molecule has 2 aromatic heterocycles. The lowest BCUT2D eigenvalue weighted by atomic mass is 10.1. The van der Waals surface area contributed by atoms with Crippen molar-refractivity contribution in [2.24, 2.45) is 0 Å². The summed E-state index contributed by atoms with van der Waals surface area (Å²) in [5, 5.41) is 11.0. The summed E-state index contributed by atoms with van der Waals surface area (Å²) in [7, 11) is 0. The third-order valence-corrected chi connectivity index (χ3v) is 6.10. The van der Waals surface area contributed by atoms with Gasteiger partial charge in [-0.1, -0.05) is 11.6 Å². The van der Waals surface area contributed by atoms with Crippen LogP contribution in [-0.4, -0.2) is 40.4 Å². The van der Waals surface area contributed by atoms with E-state index in [0.717, 1.165) is 42.0 Å². The number of nitrogens with zero attached hydrogens (tertiary/aromatic N) is 4. The molecular formula is C22H23ClF2N6. The highest BCUT2D eigenvalue weighted by atomic mass is 35.5. The average Bonchev–Trinajstić information content (AvgIpc) is 3.48. The lowest BCUT2D eigenvalue weighted by Crippen LogP contribution is -2.34. The first-order valence-electron chi connectivity index (χ1n) is 10.5. The van der Waals surface area contributed by atoms with Gasteiger partial charge < -0.3 is 15.5 Å². The van der Waals surface area contributed by atoms with Crippen molar-refractivity contribution in [3.63, 3.8) is 0 Å². The fraction of sp³-hybridized carbons (Fsp3) is 0.364. The maximum atomic E-state index is 14.3. The maximum Gasteiger partial charge on any atom is 0.149 e. The van der Waals surface area contributed by atoms with Gasteiger partial charge in [0.1, 0.15) is 17.5 Å². The van der Waals surface area contributed by atoms with Crippen LogP contribution in [0.5, 0.6) is 0 Å². The number of fused-ring (bicyclic) bond motifs is 1. The fourth-order valence-corrected chi connectivity index (χ4v) is 4.01. The molecule has 1 aromatic carbocycles. The molecule has 1 aliphatic carbocycles. The second kappa shape index (κ2) is 8.43. The summed E-state index contributed by atoms with van der Waals surface area (Å²) in [6.07, 6.45) is 8.15. The quantitative estimate of drug-likeness (QED) is 0.538. The van der Waals surface area contributed by atoms with Gasteiger partial charge in [0, 0.05) is 61.3 Å². The highest BCUT2D eigenvalue weighted by Crippen LogP contribution is 2.34. The Balaban J connectivity index is 1.37. The first-order valence-corrected chi connectivity index (χ1v) is 10.8. The van der Waals surface area contributed by atoms with Crippen LogP contribution in [0, 0.1) is 11.6 Å². The van der Waals surface area contributed by atoms with Gasteiger partial charge in [0.25, 0.3) is 0 Å². The summed E-state index contributed by atoms with van der Waals surface area (Å²) in [5.41, 5.74) is 2.85. The molecule has 2 aliphatic rings. The predicted octanol–water partition coefficient (Wildman–Crippen LogP) is 4.06. The van der Waals surface area contributed by atoms with E-state index >= 15 is 0 Å². The van der Waals surface area contributed by atoms with Crippen molar-refractivity contribution >= 4 is 23.1 Å². The lowest BCUT2D eigenvalue weighted by molar-refractivity contribution is 0.553. The first kappa shape index (κ1) is 20.2. The molecule has 0 spiro atoms. The van der Waals surface area contributed by atoms with Crippen molar-refractivity contribution in [1.82, 2.24) is 20.1 Å². The molecule has 2 N–H and O–H groups in total. The van der Waals surface area contributed by atoms with E-state index in [4.69, 9.17) is 11.6 Å². The van der Waals surface area contributed by atoms with Crippen molar-refractivity contribution < 1.29 is 8.78 Å². The van der Waals surface area contributed by atoms with Crippen LogP contribution >= 0.6 is 11.6 Å². The van der Waals surface area contributed by atoms with Crippen LogP contribution < -0.4 is 15.5 Å². The van der Waals surface area contributed by atoms with E-state index in [9.17, 15) is 8.78 Å². The van der Waals surface area contributed by atoms with Gasteiger partial charge in [-0.05, 0) is 31.0 Å². The number of nitrogens with one attached hydrogen (secondary N) is 2. The van der Waals surface area contributed by atoms with Crippen molar-refractivity contribution in [3.05, 3.63) is 59.0 Å². The van der Waals surface area contributed by atoms with E-state index in [2.05, 4.69) is 20.7 Å². The first-order chi connectivity index (χ1) is 15.1. The molecule has 0 amide bonds. The number of halogens is 3. The second-order valence-electron chi connectivity index (χ2n) is 7.98. The molecule has 3 heterocycles. The molecule has 1 fully saturated rings. The molecule has 0 radical (unpaired) electrons. The summed E-state index contributed by atoms with van der Waals surface area (Å²) in [6.45, 7) is 3.14. The number of rotatable bonds is 7. The predicted molar refractivity (Wildman–Crippen MR) is 117 cm³/mol. The van der Waals surface area contributed by atoms with Crippen LogP contribution in [0.1, 0.15) is 18.4 Å². The minimum Gasteiger partial charge on any atom is -0.367 e. The SMILES string of the molecule is Fc1ccc(F)c(CN2CCNc3ncc(-c4cnn(CCNC5CC5)c4)cc32)c1Cl. The molecule has 5 rings (SSSR count). The number of aromatic nitrogens is 3. The van der Waals surface area contributed by atoms with Crippen LogP contribution in [0.4, 0.5) is 20.3 Å². The van der Waals surface area contributed by atoms with Crippen LogP contribution in [0.15, 0.2) is 36.8 Å². The third-order valence-electron chi connectivity index (χ3n) is 5.69. The van der Waals surface area contributed by atoms with E-state index in [-0.39, 0.29) is 17.1 Å². The molecule has 162 valence electrons. The Morgan fingerprint density at radius 2 is 2.00 bits per heavy atom. The minimum atomic E-state index is -0.621. The van der Waals surface area contributed by atoms with Crippen molar-refractivity contribution in [2.75, 3.05) is 29.9 Å². The standard InChI is InChI=1S/C22H23ClF2N6/c23-21-17(18(24)3-4-19(21)25)13-30-7-5-27-22-20(30)9-14(10-28-22)15-11-29-31(12-15)8-6-26-16-1-2-16/h3-4,9-12,16,26H,1-2,5-8,13H2,(H,27,28). The van der Waals surface area contributed by atoms with Crippen LogP contribution in [0.25, 0.3) is 11.1 Å². The smallest absolute Gasteiger partial charge is 0.149 e. The lowest BCUT2D eigenvalue weighted by Gasteiger charge is -2.32. The number of hydrogen-bond acceptors (Lipinski definition) is 5. The van der Waals surface area contributed by atoms with E-state index in [0.29, 0.717) is 24.9 Å². The van der Waals surface area contributed by atoms with Crippen LogP contribution in [-0.2, 0) is 13.1 Å². The van der Waals surface area contributed by atoms with Gasteiger partial charge in [-0.15, -0.1) is 0 Å². The fourth-order valence-electron chi connectivity index (χ4n) is 3.79. The molecule has 3 aromatic rings. The van der Waals surface area contributed by atoms with Crippen LogP contribution in [0.2, 0.25) is 5.02 Å². The molecule has 0 bridgehead atoms. The zero-order chi connectivity index (χ0) is 21.4. The second-order valence-corrected chi connectivity index (χ2v) is 8.36. The van der Waals surface area contributed by atoms with Gasteiger partial charge in [0.05, 0.1) is 23.5 Å². The van der Waals surface area contributed by atoms with Gasteiger partial charge in [-0.2, -0.15) is 5.10 Å². The number of pyridine rings is 1. The highest BCUT2D eigenvalue weighted by molar-refractivity contribution is 6.31. The Kier molecular flexibility index (Phi) is 5.50. The Labute approximate surface area is 184 Å². The third kappa shape index (κ3) is 4.36. The van der Waals surface area contributed by atoms with Crippen molar-refractivity contribution in [2.45, 2.75) is 32.0 Å². The molecule has 1 aliphatic heterocycles. The van der Waals surface area contributed by atoms with Crippen LogP contribution in [0.3, 0.4) is 0 Å². The molecule has 9 heteroatoms. The summed E-state index contributed by atoms with van der Waals surface area (Å²) in [5.74, 6) is -0.426. The van der Waals surface area contributed by atoms with E-state index < -0.39 is 11.6 Å². The van der Waals surface area contributed by atoms with Gasteiger partial charge in [-0.25, -0.2) is 13.8 Å². The number of anilines is 2. The zero-order valence-corrected chi connectivity index (χ0v) is 17.7. The van der Waals surface area contributed by atoms with Crippen molar-refractivity contribution in [1.29, 1.82) is 0 Å². The normalized spacial score (nSPS) is 15.6. The Morgan fingerprint density at radius 3 is 2.84 bits per heavy atom. The largest absolute Gasteiger partial charge is 0.367 e. The monoisotopic (exact) mass is 444 g/mol. The van der Waals surface area contributed by atoms with Gasteiger partial charge in [0.2, 0.25) is 0 Å². The van der Waals surface area contributed by atoms with Crippen molar-refractivity contribution in [3.8, 4) is 11.1 Å². The molecule has 0 unspecified atom stereocenters. The molecular weight excluding hydrogens is 422 g/mol. The zero-order valence-electron chi connectivity index (χ0n) is 16.9. The topological polar surface area (TPSA) is 58.0 Å². The molecule has 0 saturated heterocycles. The van der Waals surface area contributed by atoms with Gasteiger partial charge >= 0.3 is 0 Å². The van der Waals surface area contributed by atoms with Gasteiger partial charge in [0.15, 0.2) is 0 Å². The minimum absolute atomic E-state index is 0.149. The molecule has 31 heavy (non-hydrogen) atoms. The molecule has 6 nitrogen and oxygen atoms in total. The highest BCUT2D eigenvalue weighted by Gasteiger charge is 2.23. The molecule has 0 atom stereocenters. The van der Waals surface area contributed by atoms with E-state index in [1.807, 2.05) is 28.0 Å². The Bertz CT molecular complexity index is 1100. The maximum absolute atomic E-state index is 14.3. The summed E-state index contributed by atoms with van der Waals surface area (Å²) in [4.78, 5) is 6.52. The summed E-state index contributed by atoms with van der Waals surface area (Å²) in [6, 6.07) is 4.84. The van der Waals surface area contributed by atoms with Gasteiger partial charge in [-0.3, -0.25) is 4.68 Å². The Hall–Kier alpha value is -2.71. The molecule has 1 saturated carbocycles. The van der Waals surface area contributed by atoms with E-state index in [1.165, 1.54) is 12.8 Å². The number of hydrogen-bond donors (Lipinski definition) is 2. The average molecular weight is 445 g/mol. The summed E-state index contributed by atoms with van der Waals surface area (Å²) >= 11 is 6.05. The Morgan fingerprint density at radius 1 is 1.16 bits per heavy atom.